The normalized spacial score (nSPS) is 12.2. The van der Waals surface area contributed by atoms with Gasteiger partial charge < -0.3 is 5.32 Å². The molecular formula is C20H18FN3O. The van der Waals surface area contributed by atoms with Crippen molar-refractivity contribution in [1.82, 2.24) is 5.43 Å². The predicted molar refractivity (Wildman–Crippen MR) is 99.2 cm³/mol. The molecule has 1 amide bonds. The quantitative estimate of drug-likeness (QED) is 0.548. The van der Waals surface area contributed by atoms with Crippen LogP contribution in [0.1, 0.15) is 12.5 Å². The Hall–Kier alpha value is -3.21. The van der Waals surface area contributed by atoms with E-state index in [0.29, 0.717) is 5.56 Å². The molecule has 3 aromatic carbocycles. The molecule has 126 valence electrons. The van der Waals surface area contributed by atoms with Crippen LogP contribution in [0.3, 0.4) is 0 Å². The van der Waals surface area contributed by atoms with Crippen molar-refractivity contribution in [3.8, 4) is 0 Å². The first kappa shape index (κ1) is 16.6. The minimum Gasteiger partial charge on any atom is -0.374 e. The molecule has 0 aromatic heterocycles. The summed E-state index contributed by atoms with van der Waals surface area (Å²) < 4.78 is 12.8. The molecular weight excluding hydrogens is 317 g/mol. The van der Waals surface area contributed by atoms with Crippen LogP contribution < -0.4 is 10.7 Å². The van der Waals surface area contributed by atoms with Crippen LogP contribution in [0.25, 0.3) is 10.8 Å². The van der Waals surface area contributed by atoms with Gasteiger partial charge in [-0.15, -0.1) is 0 Å². The summed E-state index contributed by atoms with van der Waals surface area (Å²) in [6.45, 7) is 1.76. The molecule has 1 unspecified atom stereocenters. The fraction of sp³-hybridized carbons (Fsp3) is 0.100. The van der Waals surface area contributed by atoms with E-state index >= 15 is 0 Å². The highest BCUT2D eigenvalue weighted by molar-refractivity contribution is 5.89. The number of amides is 1. The van der Waals surface area contributed by atoms with Gasteiger partial charge in [-0.2, -0.15) is 5.10 Å². The summed E-state index contributed by atoms with van der Waals surface area (Å²) in [4.78, 5) is 12.1. The van der Waals surface area contributed by atoms with Crippen molar-refractivity contribution in [2.75, 3.05) is 5.32 Å². The van der Waals surface area contributed by atoms with Gasteiger partial charge in [0.05, 0.1) is 6.21 Å². The van der Waals surface area contributed by atoms with Gasteiger partial charge in [0, 0.05) is 5.69 Å². The monoisotopic (exact) mass is 335 g/mol. The summed E-state index contributed by atoms with van der Waals surface area (Å²) in [7, 11) is 0. The zero-order chi connectivity index (χ0) is 17.6. The Morgan fingerprint density at radius 2 is 1.76 bits per heavy atom. The minimum absolute atomic E-state index is 0.258. The Kier molecular flexibility index (Phi) is 5.04. The third-order valence-electron chi connectivity index (χ3n) is 3.78. The largest absolute Gasteiger partial charge is 0.374 e. The van der Waals surface area contributed by atoms with E-state index in [1.165, 1.54) is 18.3 Å². The van der Waals surface area contributed by atoms with Crippen LogP contribution in [0.2, 0.25) is 0 Å². The zero-order valence-corrected chi connectivity index (χ0v) is 13.7. The first-order valence-electron chi connectivity index (χ1n) is 7.96. The number of nitrogens with one attached hydrogen (secondary N) is 2. The number of carbonyl (C=O) groups excluding carboxylic acids is 1. The fourth-order valence-corrected chi connectivity index (χ4v) is 2.41. The number of fused-ring (bicyclic) bond motifs is 1. The summed E-state index contributed by atoms with van der Waals surface area (Å²) in [5.41, 5.74) is 4.05. The lowest BCUT2D eigenvalue weighted by molar-refractivity contribution is -0.121. The number of nitrogens with zero attached hydrogens (tertiary/aromatic N) is 1. The predicted octanol–water partition coefficient (Wildman–Crippen LogP) is 3.93. The molecule has 0 bridgehead atoms. The number of hydrogen-bond acceptors (Lipinski definition) is 3. The molecule has 0 aliphatic rings. The van der Waals surface area contributed by atoms with Crippen molar-refractivity contribution in [3.05, 3.63) is 78.1 Å². The van der Waals surface area contributed by atoms with Gasteiger partial charge in [-0.05, 0) is 47.5 Å². The van der Waals surface area contributed by atoms with Crippen LogP contribution in [-0.2, 0) is 4.79 Å². The fourth-order valence-electron chi connectivity index (χ4n) is 2.41. The second kappa shape index (κ2) is 7.57. The molecule has 0 spiro atoms. The van der Waals surface area contributed by atoms with E-state index in [-0.39, 0.29) is 11.7 Å². The van der Waals surface area contributed by atoms with Gasteiger partial charge in [0.25, 0.3) is 5.91 Å². The summed E-state index contributed by atoms with van der Waals surface area (Å²) in [6.07, 6.45) is 1.47. The average molecular weight is 335 g/mol. The van der Waals surface area contributed by atoms with Crippen LogP contribution >= 0.6 is 0 Å². The molecule has 0 heterocycles. The van der Waals surface area contributed by atoms with Gasteiger partial charge >= 0.3 is 0 Å². The molecule has 0 saturated heterocycles. The number of carbonyl (C=O) groups is 1. The maximum Gasteiger partial charge on any atom is 0.262 e. The molecule has 3 aromatic rings. The number of benzene rings is 3. The highest BCUT2D eigenvalue weighted by atomic mass is 19.1. The molecule has 0 aliphatic carbocycles. The van der Waals surface area contributed by atoms with E-state index < -0.39 is 6.04 Å². The van der Waals surface area contributed by atoms with Crippen LogP contribution in [0, 0.1) is 5.82 Å². The third-order valence-corrected chi connectivity index (χ3v) is 3.78. The van der Waals surface area contributed by atoms with Crippen LogP contribution in [0.5, 0.6) is 0 Å². The first-order chi connectivity index (χ1) is 12.1. The van der Waals surface area contributed by atoms with Gasteiger partial charge in [0.15, 0.2) is 0 Å². The van der Waals surface area contributed by atoms with Crippen molar-refractivity contribution < 1.29 is 9.18 Å². The average Bonchev–Trinajstić information content (AvgIpc) is 2.63. The van der Waals surface area contributed by atoms with Gasteiger partial charge in [0.1, 0.15) is 11.9 Å². The van der Waals surface area contributed by atoms with Crippen molar-refractivity contribution in [2.24, 2.45) is 5.10 Å². The first-order valence-corrected chi connectivity index (χ1v) is 7.96. The number of hydrogen-bond donors (Lipinski definition) is 2. The molecule has 0 radical (unpaired) electrons. The number of hydrazone groups is 1. The Morgan fingerprint density at radius 3 is 2.52 bits per heavy atom. The van der Waals surface area contributed by atoms with Gasteiger partial charge in [-0.25, -0.2) is 9.82 Å². The third kappa shape index (κ3) is 4.41. The van der Waals surface area contributed by atoms with E-state index in [4.69, 9.17) is 0 Å². The topological polar surface area (TPSA) is 53.5 Å². The van der Waals surface area contributed by atoms with E-state index in [1.807, 2.05) is 42.5 Å². The van der Waals surface area contributed by atoms with E-state index in [0.717, 1.165) is 16.5 Å². The molecule has 5 heteroatoms. The van der Waals surface area contributed by atoms with Crippen LogP contribution in [0.4, 0.5) is 10.1 Å². The summed E-state index contributed by atoms with van der Waals surface area (Å²) in [5, 5.41) is 9.30. The molecule has 4 nitrogen and oxygen atoms in total. The maximum atomic E-state index is 12.8. The zero-order valence-electron chi connectivity index (χ0n) is 13.7. The second-order valence-electron chi connectivity index (χ2n) is 5.71. The summed E-state index contributed by atoms with van der Waals surface area (Å²) >= 11 is 0. The summed E-state index contributed by atoms with van der Waals surface area (Å²) in [5.74, 6) is -0.569. The molecule has 0 aliphatic heterocycles. The van der Waals surface area contributed by atoms with Crippen molar-refractivity contribution in [2.45, 2.75) is 13.0 Å². The van der Waals surface area contributed by atoms with E-state index in [9.17, 15) is 9.18 Å². The Balaban J connectivity index is 1.58. The highest BCUT2D eigenvalue weighted by Crippen LogP contribution is 2.19. The molecule has 0 saturated carbocycles. The Labute approximate surface area is 145 Å². The van der Waals surface area contributed by atoms with Crippen molar-refractivity contribution in [1.29, 1.82) is 0 Å². The van der Waals surface area contributed by atoms with Gasteiger partial charge in [-0.3, -0.25) is 4.79 Å². The number of anilines is 1. The molecule has 3 rings (SSSR count). The van der Waals surface area contributed by atoms with Crippen molar-refractivity contribution >= 4 is 28.6 Å². The van der Waals surface area contributed by atoms with E-state index in [2.05, 4.69) is 15.8 Å². The minimum atomic E-state index is -0.452. The van der Waals surface area contributed by atoms with E-state index in [1.54, 1.807) is 19.1 Å². The Bertz CT molecular complexity index is 906. The highest BCUT2D eigenvalue weighted by Gasteiger charge is 2.11. The van der Waals surface area contributed by atoms with Gasteiger partial charge in [-0.1, -0.05) is 42.5 Å². The number of halogens is 1. The van der Waals surface area contributed by atoms with Crippen LogP contribution in [-0.4, -0.2) is 18.2 Å². The Morgan fingerprint density at radius 1 is 1.04 bits per heavy atom. The maximum absolute atomic E-state index is 12.8. The SMILES string of the molecule is CC(Nc1ccc2ccccc2c1)C(=O)NN=Cc1ccc(F)cc1. The smallest absolute Gasteiger partial charge is 0.262 e. The molecule has 0 fully saturated rings. The lowest BCUT2D eigenvalue weighted by Crippen LogP contribution is -2.34. The molecule has 25 heavy (non-hydrogen) atoms. The van der Waals surface area contributed by atoms with Crippen molar-refractivity contribution in [3.63, 3.8) is 0 Å². The standard InChI is InChI=1S/C20H18FN3O/c1-14(20(25)24-22-13-15-6-9-18(21)10-7-15)23-19-11-8-16-4-2-3-5-17(16)12-19/h2-14,23H,1H3,(H,24,25). The molecule has 2 N–H and O–H groups in total. The lowest BCUT2D eigenvalue weighted by atomic mass is 10.1. The van der Waals surface area contributed by atoms with Crippen LogP contribution in [0.15, 0.2) is 71.8 Å². The summed E-state index contributed by atoms with van der Waals surface area (Å²) in [6, 6.07) is 19.4. The second-order valence-corrected chi connectivity index (χ2v) is 5.71. The lowest BCUT2D eigenvalue weighted by Gasteiger charge is -2.14. The number of rotatable bonds is 5. The molecule has 1 atom stereocenters. The van der Waals surface area contributed by atoms with Gasteiger partial charge in [0.2, 0.25) is 0 Å².